The van der Waals surface area contributed by atoms with Gasteiger partial charge in [-0.15, -0.1) is 0 Å². The van der Waals surface area contributed by atoms with Crippen molar-refractivity contribution in [2.75, 3.05) is 0 Å². The van der Waals surface area contributed by atoms with Crippen LogP contribution < -0.4 is 0 Å². The standard InChI is InChI=1S/C65H36N10/c66-37-41-21-26-52(50(31-41)39-68)47-23-28-54-55-29-24-48(53-27-22-42(38-67)32-51(53)40-69)35-61(55)75(60(54)34-47)59-30-25-49(58-36-57(43-13-5-1-6-14-43)70-62(71-58)44-15-7-2-8-16-44)33-56(59)65-73-63(45-17-9-3-10-18-45)72-64(74-65)46-19-11-4-12-20-46/h1-36H. The van der Waals surface area contributed by atoms with Gasteiger partial charge in [-0.2, -0.15) is 21.0 Å². The molecule has 0 saturated heterocycles. The van der Waals surface area contributed by atoms with E-state index in [1.165, 1.54) is 0 Å². The lowest BCUT2D eigenvalue weighted by molar-refractivity contribution is 1.06. The van der Waals surface area contributed by atoms with E-state index in [-0.39, 0.29) is 0 Å². The molecule has 0 aliphatic rings. The lowest BCUT2D eigenvalue weighted by atomic mass is 9.96. The molecule has 0 atom stereocenters. The van der Waals surface area contributed by atoms with Crippen molar-refractivity contribution in [1.29, 1.82) is 21.0 Å². The highest BCUT2D eigenvalue weighted by Crippen LogP contribution is 2.42. The van der Waals surface area contributed by atoms with Gasteiger partial charge in [0.1, 0.15) is 0 Å². The molecule has 0 aliphatic heterocycles. The van der Waals surface area contributed by atoms with E-state index in [1.807, 2.05) is 152 Å². The van der Waals surface area contributed by atoms with E-state index >= 15 is 0 Å². The minimum Gasteiger partial charge on any atom is -0.308 e. The van der Waals surface area contributed by atoms with Crippen LogP contribution in [0.3, 0.4) is 0 Å². The Hall–Kier alpha value is -11.2. The zero-order valence-corrected chi connectivity index (χ0v) is 39.8. The van der Waals surface area contributed by atoms with E-state index in [1.54, 1.807) is 24.3 Å². The summed E-state index contributed by atoms with van der Waals surface area (Å²) in [4.78, 5) is 26.0. The molecule has 10 heteroatoms. The first-order chi connectivity index (χ1) is 37.0. The van der Waals surface area contributed by atoms with Crippen LogP contribution >= 0.6 is 0 Å². The molecule has 0 bridgehead atoms. The number of nitriles is 4. The van der Waals surface area contributed by atoms with Crippen LogP contribution in [0.1, 0.15) is 22.3 Å². The van der Waals surface area contributed by atoms with Crippen LogP contribution in [0.25, 0.3) is 118 Å². The predicted molar refractivity (Wildman–Crippen MR) is 292 cm³/mol. The Morgan fingerprint density at radius 1 is 0.293 bits per heavy atom. The van der Waals surface area contributed by atoms with Crippen molar-refractivity contribution >= 4 is 21.8 Å². The molecule has 0 saturated carbocycles. The molecular weight excluding hydrogens is 921 g/mol. The molecule has 0 amide bonds. The molecule has 12 aromatic rings. The largest absolute Gasteiger partial charge is 0.308 e. The summed E-state index contributed by atoms with van der Waals surface area (Å²) in [6.07, 6.45) is 0. The molecule has 3 aromatic heterocycles. The van der Waals surface area contributed by atoms with E-state index in [2.05, 4.69) is 71.3 Å². The second-order valence-electron chi connectivity index (χ2n) is 17.7. The Bertz CT molecular complexity index is 4140. The third-order valence-electron chi connectivity index (χ3n) is 13.2. The summed E-state index contributed by atoms with van der Waals surface area (Å²) in [5, 5.41) is 42.2. The Balaban J connectivity index is 1.19. The molecule has 0 N–H and O–H groups in total. The van der Waals surface area contributed by atoms with E-state index < -0.39 is 0 Å². The van der Waals surface area contributed by atoms with Crippen LogP contribution in [-0.2, 0) is 0 Å². The molecule has 10 nitrogen and oxygen atoms in total. The van der Waals surface area contributed by atoms with E-state index in [0.29, 0.717) is 67.9 Å². The number of rotatable bonds is 9. The van der Waals surface area contributed by atoms with E-state index in [4.69, 9.17) is 24.9 Å². The van der Waals surface area contributed by atoms with Crippen LogP contribution in [0, 0.1) is 45.3 Å². The van der Waals surface area contributed by atoms with Gasteiger partial charge < -0.3 is 4.57 Å². The second kappa shape index (κ2) is 19.2. The van der Waals surface area contributed by atoms with Gasteiger partial charge in [0.05, 0.1) is 74.6 Å². The van der Waals surface area contributed by atoms with Crippen molar-refractivity contribution in [1.82, 2.24) is 29.5 Å². The van der Waals surface area contributed by atoms with Crippen LogP contribution in [0.15, 0.2) is 218 Å². The van der Waals surface area contributed by atoms with Crippen molar-refractivity contribution in [2.45, 2.75) is 0 Å². The number of benzene rings is 9. The first-order valence-electron chi connectivity index (χ1n) is 24.0. The van der Waals surface area contributed by atoms with Crippen molar-refractivity contribution in [3.8, 4) is 120 Å². The Morgan fingerprint density at radius 3 is 1.16 bits per heavy atom. The average molecular weight is 957 g/mol. The van der Waals surface area contributed by atoms with Crippen molar-refractivity contribution < 1.29 is 0 Å². The maximum atomic E-state index is 10.4. The fourth-order valence-corrected chi connectivity index (χ4v) is 9.60. The maximum absolute atomic E-state index is 10.4. The number of hydrogen-bond donors (Lipinski definition) is 0. The van der Waals surface area contributed by atoms with Gasteiger partial charge in [0.25, 0.3) is 0 Å². The molecule has 75 heavy (non-hydrogen) atoms. The summed E-state index contributed by atoms with van der Waals surface area (Å²) in [5.74, 6) is 1.94. The van der Waals surface area contributed by atoms with Gasteiger partial charge in [-0.1, -0.05) is 164 Å². The summed E-state index contributed by atoms with van der Waals surface area (Å²) in [6.45, 7) is 0. The lowest BCUT2D eigenvalue weighted by Gasteiger charge is -2.17. The van der Waals surface area contributed by atoms with Crippen molar-refractivity contribution in [2.24, 2.45) is 0 Å². The normalized spacial score (nSPS) is 10.9. The van der Waals surface area contributed by atoms with Crippen LogP contribution in [-0.4, -0.2) is 29.5 Å². The molecule has 0 unspecified atom stereocenters. The monoisotopic (exact) mass is 956 g/mol. The highest BCUT2D eigenvalue weighted by Gasteiger charge is 2.23. The number of aromatic nitrogens is 6. The number of hydrogen-bond acceptors (Lipinski definition) is 9. The summed E-state index contributed by atoms with van der Waals surface area (Å²) in [7, 11) is 0. The van der Waals surface area contributed by atoms with Crippen LogP contribution in [0.5, 0.6) is 0 Å². The van der Waals surface area contributed by atoms with Gasteiger partial charge in [0.2, 0.25) is 0 Å². The van der Waals surface area contributed by atoms with Crippen molar-refractivity contribution in [3.63, 3.8) is 0 Å². The molecule has 3 heterocycles. The van der Waals surface area contributed by atoms with Gasteiger partial charge in [0, 0.05) is 44.2 Å². The third kappa shape index (κ3) is 8.45. The van der Waals surface area contributed by atoms with Gasteiger partial charge in [-0.05, 0) is 76.9 Å². The summed E-state index contributed by atoms with van der Waals surface area (Å²) < 4.78 is 2.18. The molecular formula is C65H36N10. The van der Waals surface area contributed by atoms with Gasteiger partial charge in [0.15, 0.2) is 23.3 Å². The lowest BCUT2D eigenvalue weighted by Crippen LogP contribution is -2.04. The third-order valence-corrected chi connectivity index (χ3v) is 13.2. The topological polar surface area (TPSA) is 165 Å². The second-order valence-corrected chi connectivity index (χ2v) is 17.7. The first-order valence-corrected chi connectivity index (χ1v) is 24.0. The SMILES string of the molecule is N#Cc1ccc(-c2ccc3c4ccc(-c5ccc(C#N)cc5C#N)cc4n(-c4ccc(-c5cc(-c6ccccc6)nc(-c6ccccc6)n5)cc4-c4nc(-c5ccccc5)nc(-c5ccccc5)n4)c3c2)c(C#N)c1. The molecule has 0 fully saturated rings. The maximum Gasteiger partial charge on any atom is 0.166 e. The van der Waals surface area contributed by atoms with E-state index in [0.717, 1.165) is 72.1 Å². The fourth-order valence-electron chi connectivity index (χ4n) is 9.60. The molecule has 346 valence electrons. The average Bonchev–Trinajstić information content (AvgIpc) is 3.85. The van der Waals surface area contributed by atoms with E-state index in [9.17, 15) is 21.0 Å². The van der Waals surface area contributed by atoms with Crippen molar-refractivity contribution in [3.05, 3.63) is 241 Å². The molecule has 9 aromatic carbocycles. The molecule has 0 radical (unpaired) electrons. The summed E-state index contributed by atoms with van der Waals surface area (Å²) in [5.41, 5.74) is 13.0. The summed E-state index contributed by atoms with van der Waals surface area (Å²) >= 11 is 0. The van der Waals surface area contributed by atoms with Gasteiger partial charge in [-0.3, -0.25) is 0 Å². The van der Waals surface area contributed by atoms with Gasteiger partial charge in [-0.25, -0.2) is 24.9 Å². The molecule has 0 aliphatic carbocycles. The highest BCUT2D eigenvalue weighted by molar-refractivity contribution is 6.12. The number of nitrogens with zero attached hydrogens (tertiary/aromatic N) is 10. The first kappa shape index (κ1) is 45.0. The fraction of sp³-hybridized carbons (Fsp3) is 0. The van der Waals surface area contributed by atoms with Crippen LogP contribution in [0.4, 0.5) is 0 Å². The number of fused-ring (bicyclic) bond motifs is 3. The van der Waals surface area contributed by atoms with Crippen LogP contribution in [0.2, 0.25) is 0 Å². The minimum absolute atomic E-state index is 0.370. The Kier molecular flexibility index (Phi) is 11.5. The zero-order chi connectivity index (χ0) is 50.8. The molecule has 12 rings (SSSR count). The quantitative estimate of drug-likeness (QED) is 0.137. The zero-order valence-electron chi connectivity index (χ0n) is 39.8. The molecule has 0 spiro atoms. The smallest absolute Gasteiger partial charge is 0.166 e. The minimum atomic E-state index is 0.370. The Morgan fingerprint density at radius 2 is 0.707 bits per heavy atom. The predicted octanol–water partition coefficient (Wildman–Crippen LogP) is 14.6. The highest BCUT2D eigenvalue weighted by atomic mass is 15.1. The summed E-state index contributed by atoms with van der Waals surface area (Å²) in [6, 6.07) is 79.3. The Labute approximate surface area is 431 Å². The van der Waals surface area contributed by atoms with Gasteiger partial charge >= 0.3 is 0 Å².